The van der Waals surface area contributed by atoms with Crippen molar-refractivity contribution in [1.29, 1.82) is 0 Å². The maximum absolute atomic E-state index is 12.3. The van der Waals surface area contributed by atoms with Gasteiger partial charge in [0.2, 0.25) is 5.91 Å². The number of rotatable bonds is 7. The molecule has 0 aliphatic heterocycles. The number of halogens is 2. The summed E-state index contributed by atoms with van der Waals surface area (Å²) in [6.45, 7) is 3.86. The Morgan fingerprint density at radius 3 is 2.26 bits per heavy atom. The van der Waals surface area contributed by atoms with E-state index in [0.29, 0.717) is 27.9 Å². The van der Waals surface area contributed by atoms with E-state index >= 15 is 0 Å². The minimum atomic E-state index is -0.814. The van der Waals surface area contributed by atoms with E-state index in [2.05, 4.69) is 10.6 Å². The third-order valence-electron chi connectivity index (χ3n) is 3.05. The number of carbonyl (C=O) groups is 2. The Bertz CT molecular complexity index is 610. The zero-order valence-corrected chi connectivity index (χ0v) is 14.5. The fourth-order valence-electron chi connectivity index (χ4n) is 1.67. The molecule has 0 spiro atoms. The summed E-state index contributed by atoms with van der Waals surface area (Å²) in [5.74, 6) is -0.761. The molecular weight excluding hydrogens is 339 g/mol. The van der Waals surface area contributed by atoms with Gasteiger partial charge in [-0.05, 0) is 32.0 Å². The van der Waals surface area contributed by atoms with Crippen molar-refractivity contribution in [2.75, 3.05) is 6.54 Å². The topological polar surface area (TPSA) is 110 Å². The molecule has 126 valence electrons. The second-order valence-corrected chi connectivity index (χ2v) is 6.38. The Hall–Kier alpha value is -1.92. The van der Waals surface area contributed by atoms with Crippen molar-refractivity contribution in [3.8, 4) is 0 Å². The summed E-state index contributed by atoms with van der Waals surface area (Å²) in [4.78, 5) is 22.9. The van der Waals surface area contributed by atoms with Crippen LogP contribution in [0.3, 0.4) is 0 Å². The molecule has 0 aromatic heterocycles. The number of nitrogens with two attached hydrogens (primary N) is 2. The molecule has 0 atom stereocenters. The third-order valence-corrected chi connectivity index (χ3v) is 3.48. The van der Waals surface area contributed by atoms with Crippen LogP contribution in [0.5, 0.6) is 0 Å². The SMILES string of the molecule is CC(C)(NC(=O)c1cc(Cl)cc(Cl)c1)/C(N)=C/NCCC(N)=O. The van der Waals surface area contributed by atoms with Crippen molar-refractivity contribution >= 4 is 35.0 Å². The van der Waals surface area contributed by atoms with Crippen molar-refractivity contribution in [3.05, 3.63) is 45.7 Å². The van der Waals surface area contributed by atoms with Crippen LogP contribution in [0.4, 0.5) is 0 Å². The predicted octanol–water partition coefficient (Wildman–Crippen LogP) is 1.77. The normalized spacial score (nSPS) is 11.9. The van der Waals surface area contributed by atoms with Crippen LogP contribution in [0.1, 0.15) is 30.6 Å². The summed E-state index contributed by atoms with van der Waals surface area (Å²) in [6.07, 6.45) is 1.73. The summed E-state index contributed by atoms with van der Waals surface area (Å²) >= 11 is 11.8. The number of nitrogens with one attached hydrogen (secondary N) is 2. The number of hydrogen-bond donors (Lipinski definition) is 4. The summed E-state index contributed by atoms with van der Waals surface area (Å²) in [7, 11) is 0. The zero-order chi connectivity index (χ0) is 17.6. The van der Waals surface area contributed by atoms with Gasteiger partial charge in [0, 0.05) is 40.5 Å². The Morgan fingerprint density at radius 1 is 1.17 bits per heavy atom. The van der Waals surface area contributed by atoms with Crippen LogP contribution in [0.15, 0.2) is 30.1 Å². The number of benzene rings is 1. The van der Waals surface area contributed by atoms with E-state index in [0.717, 1.165) is 0 Å². The minimum absolute atomic E-state index is 0.192. The maximum Gasteiger partial charge on any atom is 0.252 e. The Balaban J connectivity index is 2.74. The Kier molecular flexibility index (Phi) is 6.72. The van der Waals surface area contributed by atoms with Gasteiger partial charge < -0.3 is 22.1 Å². The van der Waals surface area contributed by atoms with E-state index in [1.807, 2.05) is 0 Å². The van der Waals surface area contributed by atoms with Crippen LogP contribution >= 0.6 is 23.2 Å². The van der Waals surface area contributed by atoms with Gasteiger partial charge in [-0.1, -0.05) is 23.2 Å². The molecule has 8 heteroatoms. The molecule has 0 saturated carbocycles. The van der Waals surface area contributed by atoms with E-state index < -0.39 is 11.4 Å². The minimum Gasteiger partial charge on any atom is -0.399 e. The first-order valence-corrected chi connectivity index (χ1v) is 7.64. The van der Waals surface area contributed by atoms with Gasteiger partial charge in [0.15, 0.2) is 0 Å². The lowest BCUT2D eigenvalue weighted by Crippen LogP contribution is -2.47. The van der Waals surface area contributed by atoms with E-state index in [4.69, 9.17) is 34.7 Å². The highest BCUT2D eigenvalue weighted by Gasteiger charge is 2.24. The molecule has 0 saturated heterocycles. The highest BCUT2D eigenvalue weighted by Crippen LogP contribution is 2.20. The molecule has 1 aromatic rings. The van der Waals surface area contributed by atoms with Crippen LogP contribution in [-0.4, -0.2) is 23.9 Å². The van der Waals surface area contributed by atoms with Crippen molar-refractivity contribution in [1.82, 2.24) is 10.6 Å². The van der Waals surface area contributed by atoms with Gasteiger partial charge in [-0.2, -0.15) is 0 Å². The fourth-order valence-corrected chi connectivity index (χ4v) is 2.20. The maximum atomic E-state index is 12.3. The zero-order valence-electron chi connectivity index (χ0n) is 13.0. The lowest BCUT2D eigenvalue weighted by atomic mass is 10.0. The molecule has 2 amide bonds. The Morgan fingerprint density at radius 2 is 1.74 bits per heavy atom. The first-order chi connectivity index (χ1) is 10.6. The van der Waals surface area contributed by atoms with Gasteiger partial charge in [0.25, 0.3) is 5.91 Å². The van der Waals surface area contributed by atoms with Crippen LogP contribution < -0.4 is 22.1 Å². The fraction of sp³-hybridized carbons (Fsp3) is 0.333. The summed E-state index contributed by atoms with van der Waals surface area (Å²) in [5.41, 5.74) is 10.9. The number of carbonyl (C=O) groups excluding carboxylic acids is 2. The molecule has 23 heavy (non-hydrogen) atoms. The Labute approximate surface area is 145 Å². The molecule has 0 bridgehead atoms. The van der Waals surface area contributed by atoms with Gasteiger partial charge in [0.1, 0.15) is 0 Å². The van der Waals surface area contributed by atoms with E-state index in [9.17, 15) is 9.59 Å². The van der Waals surface area contributed by atoms with Gasteiger partial charge in [-0.15, -0.1) is 0 Å². The van der Waals surface area contributed by atoms with E-state index in [1.54, 1.807) is 19.9 Å². The quantitative estimate of drug-likeness (QED) is 0.556. The van der Waals surface area contributed by atoms with Crippen molar-refractivity contribution in [2.45, 2.75) is 25.8 Å². The predicted molar refractivity (Wildman–Crippen MR) is 92.1 cm³/mol. The second-order valence-electron chi connectivity index (χ2n) is 5.51. The van der Waals surface area contributed by atoms with Gasteiger partial charge in [0.05, 0.1) is 5.54 Å². The largest absolute Gasteiger partial charge is 0.399 e. The third kappa shape index (κ3) is 6.38. The average Bonchev–Trinajstić information content (AvgIpc) is 2.41. The van der Waals surface area contributed by atoms with E-state index in [1.165, 1.54) is 18.3 Å². The van der Waals surface area contributed by atoms with Crippen LogP contribution in [0, 0.1) is 0 Å². The van der Waals surface area contributed by atoms with Gasteiger partial charge >= 0.3 is 0 Å². The lowest BCUT2D eigenvalue weighted by molar-refractivity contribution is -0.117. The number of hydrogen-bond acceptors (Lipinski definition) is 4. The van der Waals surface area contributed by atoms with Gasteiger partial charge in [-0.3, -0.25) is 9.59 Å². The molecule has 0 radical (unpaired) electrons. The standard InChI is InChI=1S/C15H20Cl2N4O2/c1-15(2,12(18)8-20-4-3-13(19)22)21-14(23)9-5-10(16)7-11(17)6-9/h5-8,20H,3-4,18H2,1-2H3,(H2,19,22)(H,21,23)/b12-8-. The molecule has 1 aromatic carbocycles. The molecule has 0 aliphatic carbocycles. The van der Waals surface area contributed by atoms with Gasteiger partial charge in [-0.25, -0.2) is 0 Å². The smallest absolute Gasteiger partial charge is 0.252 e. The number of amides is 2. The van der Waals surface area contributed by atoms with Crippen LogP contribution in [0.2, 0.25) is 10.0 Å². The molecular formula is C15H20Cl2N4O2. The molecule has 0 heterocycles. The number of primary amides is 1. The summed E-state index contributed by atoms with van der Waals surface area (Å²) < 4.78 is 0. The summed E-state index contributed by atoms with van der Waals surface area (Å²) in [5, 5.41) is 6.41. The second kappa shape index (κ2) is 8.08. The molecule has 0 aliphatic rings. The monoisotopic (exact) mass is 358 g/mol. The highest BCUT2D eigenvalue weighted by molar-refractivity contribution is 6.35. The van der Waals surface area contributed by atoms with Crippen LogP contribution in [0.25, 0.3) is 0 Å². The first kappa shape index (κ1) is 19.1. The first-order valence-electron chi connectivity index (χ1n) is 6.88. The van der Waals surface area contributed by atoms with Crippen molar-refractivity contribution in [3.63, 3.8) is 0 Å². The summed E-state index contributed by atoms with van der Waals surface area (Å²) in [6, 6.07) is 4.58. The van der Waals surface area contributed by atoms with Crippen LogP contribution in [-0.2, 0) is 4.79 Å². The molecule has 0 fully saturated rings. The van der Waals surface area contributed by atoms with Crippen molar-refractivity contribution < 1.29 is 9.59 Å². The van der Waals surface area contributed by atoms with E-state index in [-0.39, 0.29) is 12.3 Å². The molecule has 0 unspecified atom stereocenters. The molecule has 6 N–H and O–H groups in total. The highest BCUT2D eigenvalue weighted by atomic mass is 35.5. The van der Waals surface area contributed by atoms with Crippen molar-refractivity contribution in [2.24, 2.45) is 11.5 Å². The average molecular weight is 359 g/mol. The molecule has 1 rings (SSSR count). The molecule has 6 nitrogen and oxygen atoms in total. The lowest BCUT2D eigenvalue weighted by Gasteiger charge is -2.27.